The van der Waals surface area contributed by atoms with E-state index in [-0.39, 0.29) is 11.6 Å². The van der Waals surface area contributed by atoms with E-state index in [0.717, 1.165) is 22.6 Å². The van der Waals surface area contributed by atoms with Gasteiger partial charge in [-0.2, -0.15) is 0 Å². The fourth-order valence-electron chi connectivity index (χ4n) is 3.36. The molecule has 2 heterocycles. The molecule has 10 heteroatoms. The molecule has 0 atom stereocenters. The van der Waals surface area contributed by atoms with Gasteiger partial charge in [-0.25, -0.2) is 4.99 Å². The van der Waals surface area contributed by atoms with Gasteiger partial charge in [0, 0.05) is 29.2 Å². The molecule has 2 aromatic carbocycles. The first-order valence-electron chi connectivity index (χ1n) is 9.42. The number of nitro groups is 1. The van der Waals surface area contributed by atoms with Gasteiger partial charge < -0.3 is 9.88 Å². The van der Waals surface area contributed by atoms with Gasteiger partial charge in [0.15, 0.2) is 5.17 Å². The van der Waals surface area contributed by atoms with E-state index in [1.165, 1.54) is 23.9 Å². The molecule has 0 unspecified atom stereocenters. The van der Waals surface area contributed by atoms with Crippen molar-refractivity contribution in [2.75, 3.05) is 0 Å². The first-order chi connectivity index (χ1) is 15.2. The number of carbonyl (C=O) groups excluding carboxylic acids is 1. The van der Waals surface area contributed by atoms with Crippen LogP contribution in [0.1, 0.15) is 17.0 Å². The number of nitrogens with one attached hydrogen (secondary N) is 1. The number of carbonyl (C=O) groups is 1. The van der Waals surface area contributed by atoms with Crippen LogP contribution in [-0.4, -0.2) is 20.6 Å². The van der Waals surface area contributed by atoms with Crippen molar-refractivity contribution in [1.82, 2.24) is 9.88 Å². The summed E-state index contributed by atoms with van der Waals surface area (Å²) in [4.78, 5) is 27.9. The van der Waals surface area contributed by atoms with Crippen LogP contribution in [0.5, 0.6) is 0 Å². The van der Waals surface area contributed by atoms with E-state index in [4.69, 9.17) is 23.2 Å². The molecule has 0 radical (unpaired) electrons. The lowest BCUT2D eigenvalue weighted by molar-refractivity contribution is -0.384. The van der Waals surface area contributed by atoms with Crippen molar-refractivity contribution >= 4 is 63.5 Å². The summed E-state index contributed by atoms with van der Waals surface area (Å²) < 4.78 is 1.98. The molecule has 0 saturated carbocycles. The van der Waals surface area contributed by atoms with Gasteiger partial charge in [-0.3, -0.25) is 14.9 Å². The Hall–Kier alpha value is -3.07. The first-order valence-corrected chi connectivity index (χ1v) is 11.0. The predicted molar refractivity (Wildman–Crippen MR) is 129 cm³/mol. The summed E-state index contributed by atoms with van der Waals surface area (Å²) in [5, 5.41) is 14.8. The number of benzene rings is 2. The van der Waals surface area contributed by atoms with E-state index < -0.39 is 4.92 Å². The lowest BCUT2D eigenvalue weighted by atomic mass is 10.2. The number of nitro benzene ring substituents is 1. The molecule has 1 fully saturated rings. The highest BCUT2D eigenvalue weighted by Gasteiger charge is 2.25. The maximum absolute atomic E-state index is 12.5. The molecule has 4 rings (SSSR count). The Morgan fingerprint density at radius 2 is 1.88 bits per heavy atom. The summed E-state index contributed by atoms with van der Waals surface area (Å²) in [6.07, 6.45) is 1.80. The molecular formula is C22H16Cl2N4O3S. The molecule has 32 heavy (non-hydrogen) atoms. The molecule has 1 N–H and O–H groups in total. The second-order valence-corrected chi connectivity index (χ2v) is 8.81. The zero-order chi connectivity index (χ0) is 23.0. The van der Waals surface area contributed by atoms with Crippen LogP contribution in [0.3, 0.4) is 0 Å². The minimum Gasteiger partial charge on any atom is -0.318 e. The molecule has 1 aromatic heterocycles. The Kier molecular flexibility index (Phi) is 6.10. The third-order valence-electron chi connectivity index (χ3n) is 4.88. The number of amides is 1. The van der Waals surface area contributed by atoms with Crippen molar-refractivity contribution in [3.05, 3.63) is 90.5 Å². The zero-order valence-corrected chi connectivity index (χ0v) is 19.3. The van der Waals surface area contributed by atoms with Gasteiger partial charge in [0.1, 0.15) is 0 Å². The average Bonchev–Trinajstić information content (AvgIpc) is 3.23. The van der Waals surface area contributed by atoms with Crippen LogP contribution in [0.25, 0.3) is 11.8 Å². The maximum atomic E-state index is 12.5. The number of rotatable bonds is 4. The van der Waals surface area contributed by atoms with Crippen LogP contribution in [0.4, 0.5) is 11.4 Å². The van der Waals surface area contributed by atoms with Crippen molar-refractivity contribution in [2.24, 2.45) is 4.99 Å². The van der Waals surface area contributed by atoms with E-state index >= 15 is 0 Å². The molecule has 0 aliphatic carbocycles. The molecule has 0 bridgehead atoms. The van der Waals surface area contributed by atoms with Crippen molar-refractivity contribution in [1.29, 1.82) is 0 Å². The largest absolute Gasteiger partial charge is 0.318 e. The number of hydrogen-bond donors (Lipinski definition) is 1. The summed E-state index contributed by atoms with van der Waals surface area (Å²) in [7, 11) is 0. The SMILES string of the molecule is Cc1cc(/C=C2/SC(=Nc3cccc(Cl)c3Cl)NC2=O)c(C)n1-c1ccc([N+](=O)[O-])cc1. The molecule has 1 aliphatic heterocycles. The van der Waals surface area contributed by atoms with E-state index in [9.17, 15) is 14.9 Å². The van der Waals surface area contributed by atoms with Crippen LogP contribution >= 0.6 is 35.0 Å². The van der Waals surface area contributed by atoms with Crippen molar-refractivity contribution in [3.63, 3.8) is 0 Å². The van der Waals surface area contributed by atoms with Gasteiger partial charge in [-0.1, -0.05) is 29.3 Å². The summed E-state index contributed by atoms with van der Waals surface area (Å²) >= 11 is 13.4. The topological polar surface area (TPSA) is 89.5 Å². The van der Waals surface area contributed by atoms with Gasteiger partial charge in [0.2, 0.25) is 0 Å². The fraction of sp³-hybridized carbons (Fsp3) is 0.0909. The molecule has 3 aromatic rings. The zero-order valence-electron chi connectivity index (χ0n) is 16.9. The van der Waals surface area contributed by atoms with E-state index in [0.29, 0.717) is 25.8 Å². The minimum absolute atomic E-state index is 0.0317. The predicted octanol–water partition coefficient (Wildman–Crippen LogP) is 6.20. The number of aliphatic imine (C=N–C) groups is 1. The monoisotopic (exact) mass is 486 g/mol. The number of hydrogen-bond acceptors (Lipinski definition) is 5. The lowest BCUT2D eigenvalue weighted by Gasteiger charge is -2.09. The number of non-ortho nitro benzene ring substituents is 1. The van der Waals surface area contributed by atoms with Gasteiger partial charge in [0.05, 0.1) is 25.6 Å². The highest BCUT2D eigenvalue weighted by molar-refractivity contribution is 8.18. The smallest absolute Gasteiger partial charge is 0.269 e. The van der Waals surface area contributed by atoms with Gasteiger partial charge in [0.25, 0.3) is 11.6 Å². The number of aromatic nitrogens is 1. The fourth-order valence-corrected chi connectivity index (χ4v) is 4.53. The Bertz CT molecular complexity index is 1310. The first kappa shape index (κ1) is 22.1. The Morgan fingerprint density at radius 3 is 2.56 bits per heavy atom. The van der Waals surface area contributed by atoms with Crippen LogP contribution in [-0.2, 0) is 4.79 Å². The second kappa shape index (κ2) is 8.82. The summed E-state index contributed by atoms with van der Waals surface area (Å²) in [6, 6.07) is 13.4. The molecule has 1 saturated heterocycles. The molecule has 0 spiro atoms. The Labute approximate surface area is 197 Å². The van der Waals surface area contributed by atoms with Gasteiger partial charge >= 0.3 is 0 Å². The van der Waals surface area contributed by atoms with Crippen LogP contribution in [0.15, 0.2) is 58.4 Å². The maximum Gasteiger partial charge on any atom is 0.269 e. The number of thioether (sulfide) groups is 1. The van der Waals surface area contributed by atoms with Crippen LogP contribution in [0.2, 0.25) is 10.0 Å². The normalized spacial score (nSPS) is 16.1. The van der Waals surface area contributed by atoms with Crippen molar-refractivity contribution in [2.45, 2.75) is 13.8 Å². The highest BCUT2D eigenvalue weighted by atomic mass is 35.5. The third-order valence-corrected chi connectivity index (χ3v) is 6.60. The number of nitrogens with zero attached hydrogens (tertiary/aromatic N) is 3. The molecule has 1 aliphatic rings. The Balaban J connectivity index is 1.64. The molecule has 162 valence electrons. The highest BCUT2D eigenvalue weighted by Crippen LogP contribution is 2.35. The van der Waals surface area contributed by atoms with Gasteiger partial charge in [-0.05, 0) is 67.6 Å². The number of halogens is 2. The Morgan fingerprint density at radius 1 is 1.16 bits per heavy atom. The average molecular weight is 487 g/mol. The second-order valence-electron chi connectivity index (χ2n) is 6.99. The summed E-state index contributed by atoms with van der Waals surface area (Å²) in [5.41, 5.74) is 4.01. The number of amidine groups is 1. The standard InChI is InChI=1S/C22H16Cl2N4O3S/c1-12-10-14(13(2)27(12)15-6-8-16(9-7-15)28(30)31)11-19-21(29)26-22(32-19)25-18-5-3-4-17(23)20(18)24/h3-11H,1-2H3,(H,25,26,29)/b19-11+. The van der Waals surface area contributed by atoms with E-state index in [1.54, 1.807) is 36.4 Å². The minimum atomic E-state index is -0.430. The van der Waals surface area contributed by atoms with Crippen molar-refractivity contribution < 1.29 is 9.72 Å². The van der Waals surface area contributed by atoms with E-state index in [2.05, 4.69) is 10.3 Å². The molecule has 1 amide bonds. The summed E-state index contributed by atoms with van der Waals surface area (Å²) in [6.45, 7) is 3.87. The lowest BCUT2D eigenvalue weighted by Crippen LogP contribution is -2.19. The summed E-state index contributed by atoms with van der Waals surface area (Å²) in [5.74, 6) is -0.257. The van der Waals surface area contributed by atoms with Gasteiger partial charge in [-0.15, -0.1) is 0 Å². The van der Waals surface area contributed by atoms with Crippen LogP contribution < -0.4 is 5.32 Å². The molecular weight excluding hydrogens is 471 g/mol. The molecule has 7 nitrogen and oxygen atoms in total. The number of aryl methyl sites for hydroxylation is 1. The quantitative estimate of drug-likeness (QED) is 0.270. The third kappa shape index (κ3) is 4.29. The van der Waals surface area contributed by atoms with Crippen LogP contribution in [0, 0.1) is 24.0 Å². The van der Waals surface area contributed by atoms with E-state index in [1.807, 2.05) is 24.5 Å². The van der Waals surface area contributed by atoms with Crippen molar-refractivity contribution in [3.8, 4) is 5.69 Å².